The van der Waals surface area contributed by atoms with Crippen LogP contribution in [0.3, 0.4) is 0 Å². The number of anilines is 1. The zero-order valence-corrected chi connectivity index (χ0v) is 11.0. The summed E-state index contributed by atoms with van der Waals surface area (Å²) in [6.07, 6.45) is 1.83. The monoisotopic (exact) mass is 262 g/mol. The van der Waals surface area contributed by atoms with Crippen LogP contribution in [0.25, 0.3) is 20.9 Å². The Bertz CT molecular complexity index is 671. The molecule has 6 heteroatoms. The minimum absolute atomic E-state index is 0.745. The lowest BCUT2D eigenvalue weighted by Crippen LogP contribution is -1.96. The molecular formula is C11H10N4S2. The number of thiazole rings is 1. The maximum atomic E-state index is 4.57. The number of thiophene rings is 1. The van der Waals surface area contributed by atoms with Gasteiger partial charge in [0.1, 0.15) is 10.6 Å². The number of rotatable bonds is 2. The van der Waals surface area contributed by atoms with Crippen LogP contribution in [0.2, 0.25) is 0 Å². The van der Waals surface area contributed by atoms with Gasteiger partial charge in [-0.2, -0.15) is 0 Å². The van der Waals surface area contributed by atoms with Crippen LogP contribution in [0.15, 0.2) is 17.6 Å². The van der Waals surface area contributed by atoms with Crippen molar-refractivity contribution in [2.24, 2.45) is 0 Å². The smallest absolute Gasteiger partial charge is 0.174 e. The lowest BCUT2D eigenvalue weighted by molar-refractivity contribution is 1.22. The van der Waals surface area contributed by atoms with E-state index in [0.29, 0.717) is 0 Å². The van der Waals surface area contributed by atoms with E-state index < -0.39 is 0 Å². The van der Waals surface area contributed by atoms with Gasteiger partial charge < -0.3 is 5.32 Å². The molecule has 17 heavy (non-hydrogen) atoms. The summed E-state index contributed by atoms with van der Waals surface area (Å²) in [6, 6.07) is 2.04. The Labute approximate surface area is 106 Å². The molecule has 3 aromatic heterocycles. The predicted molar refractivity (Wildman–Crippen MR) is 72.8 cm³/mol. The Balaban J connectivity index is 2.23. The number of nitrogens with zero attached hydrogens (tertiary/aromatic N) is 3. The lowest BCUT2D eigenvalue weighted by Gasteiger charge is -2.03. The Morgan fingerprint density at radius 2 is 2.18 bits per heavy atom. The summed E-state index contributed by atoms with van der Waals surface area (Å²) in [5, 5.41) is 7.24. The number of hydrogen-bond acceptors (Lipinski definition) is 6. The van der Waals surface area contributed by atoms with E-state index in [9.17, 15) is 0 Å². The van der Waals surface area contributed by atoms with Gasteiger partial charge in [0.05, 0.1) is 15.3 Å². The van der Waals surface area contributed by atoms with Gasteiger partial charge in [0, 0.05) is 13.2 Å². The normalized spacial score (nSPS) is 10.9. The highest BCUT2D eigenvalue weighted by Gasteiger charge is 2.11. The van der Waals surface area contributed by atoms with E-state index in [1.165, 1.54) is 0 Å². The van der Waals surface area contributed by atoms with E-state index in [0.717, 1.165) is 31.7 Å². The fourth-order valence-corrected chi connectivity index (χ4v) is 3.10. The maximum Gasteiger partial charge on any atom is 0.174 e. The molecule has 0 aromatic carbocycles. The third-order valence-electron chi connectivity index (χ3n) is 2.40. The summed E-state index contributed by atoms with van der Waals surface area (Å²) in [5.74, 6) is 1.62. The summed E-state index contributed by atoms with van der Waals surface area (Å²) in [6.45, 7) is 1.98. The zero-order valence-electron chi connectivity index (χ0n) is 9.39. The number of aryl methyl sites for hydroxylation is 1. The van der Waals surface area contributed by atoms with Gasteiger partial charge in [-0.3, -0.25) is 0 Å². The van der Waals surface area contributed by atoms with E-state index in [1.807, 2.05) is 31.6 Å². The van der Waals surface area contributed by atoms with E-state index in [-0.39, 0.29) is 0 Å². The number of aromatic nitrogens is 3. The van der Waals surface area contributed by atoms with Crippen molar-refractivity contribution in [3.05, 3.63) is 22.7 Å². The van der Waals surface area contributed by atoms with Gasteiger partial charge in [-0.15, -0.1) is 22.7 Å². The molecule has 0 unspecified atom stereocenters. The van der Waals surface area contributed by atoms with E-state index >= 15 is 0 Å². The third kappa shape index (κ3) is 1.79. The van der Waals surface area contributed by atoms with Gasteiger partial charge in [-0.25, -0.2) is 15.0 Å². The summed E-state index contributed by atoms with van der Waals surface area (Å²) in [7, 11) is 1.88. The molecule has 1 N–H and O–H groups in total. The molecule has 0 saturated carbocycles. The first-order valence-electron chi connectivity index (χ1n) is 5.13. The number of hydrogen-bond donors (Lipinski definition) is 1. The fraction of sp³-hybridized carbons (Fsp3) is 0.182. The third-order valence-corrected chi connectivity index (χ3v) is 4.12. The molecule has 0 spiro atoms. The van der Waals surface area contributed by atoms with Gasteiger partial charge in [0.15, 0.2) is 5.82 Å². The molecule has 0 aliphatic heterocycles. The van der Waals surface area contributed by atoms with Gasteiger partial charge in [-0.1, -0.05) is 0 Å². The Morgan fingerprint density at radius 1 is 1.29 bits per heavy atom. The summed E-state index contributed by atoms with van der Waals surface area (Å²) < 4.78 is 0. The number of fused-ring (bicyclic) bond motifs is 1. The van der Waals surface area contributed by atoms with E-state index in [1.54, 1.807) is 22.7 Å². The van der Waals surface area contributed by atoms with Crippen molar-refractivity contribution in [3.63, 3.8) is 0 Å². The largest absolute Gasteiger partial charge is 0.372 e. The molecule has 4 nitrogen and oxygen atoms in total. The minimum Gasteiger partial charge on any atom is -0.372 e. The fourth-order valence-electron chi connectivity index (χ4n) is 1.62. The van der Waals surface area contributed by atoms with Gasteiger partial charge in [0.25, 0.3) is 0 Å². The zero-order chi connectivity index (χ0) is 11.8. The van der Waals surface area contributed by atoms with Gasteiger partial charge in [0.2, 0.25) is 0 Å². The average molecular weight is 262 g/mol. The molecule has 3 heterocycles. The van der Waals surface area contributed by atoms with Gasteiger partial charge >= 0.3 is 0 Å². The first-order valence-corrected chi connectivity index (χ1v) is 6.83. The Hall–Kier alpha value is -1.53. The van der Waals surface area contributed by atoms with Crippen molar-refractivity contribution in [1.82, 2.24) is 15.0 Å². The van der Waals surface area contributed by atoms with Crippen LogP contribution in [0, 0.1) is 6.92 Å². The molecule has 0 bridgehead atoms. The summed E-state index contributed by atoms with van der Waals surface area (Å²) in [4.78, 5) is 15.3. The van der Waals surface area contributed by atoms with Crippen molar-refractivity contribution in [1.29, 1.82) is 0 Å². The van der Waals surface area contributed by atoms with Crippen molar-refractivity contribution >= 4 is 38.7 Å². The molecule has 86 valence electrons. The average Bonchev–Trinajstić information content (AvgIpc) is 2.95. The second-order valence-electron chi connectivity index (χ2n) is 3.53. The Morgan fingerprint density at radius 3 is 2.88 bits per heavy atom. The van der Waals surface area contributed by atoms with Crippen LogP contribution < -0.4 is 5.32 Å². The lowest BCUT2D eigenvalue weighted by atomic mass is 10.3. The molecule has 0 atom stereocenters. The van der Waals surface area contributed by atoms with Crippen LogP contribution in [0.4, 0.5) is 5.82 Å². The highest BCUT2D eigenvalue weighted by Crippen LogP contribution is 2.30. The minimum atomic E-state index is 0.745. The predicted octanol–water partition coefficient (Wildman–Crippen LogP) is 3.16. The second-order valence-corrected chi connectivity index (χ2v) is 5.66. The maximum absolute atomic E-state index is 4.57. The van der Waals surface area contributed by atoms with Crippen molar-refractivity contribution in [2.45, 2.75) is 6.92 Å². The molecule has 3 rings (SSSR count). The van der Waals surface area contributed by atoms with Gasteiger partial charge in [-0.05, 0) is 18.4 Å². The first-order chi connectivity index (χ1) is 8.28. The van der Waals surface area contributed by atoms with Crippen molar-refractivity contribution < 1.29 is 0 Å². The van der Waals surface area contributed by atoms with Crippen LogP contribution in [-0.2, 0) is 0 Å². The molecule has 0 aliphatic rings. The summed E-state index contributed by atoms with van der Waals surface area (Å²) >= 11 is 3.24. The number of nitrogens with one attached hydrogen (secondary N) is 1. The standard InChI is InChI=1S/C11H10N4S2/c1-6-13-5-8(17-6)10-14-9(12-2)7-3-4-16-11(7)15-10/h3-5H,1-2H3,(H,12,14,15). The van der Waals surface area contributed by atoms with E-state index in [2.05, 4.69) is 20.3 Å². The van der Waals surface area contributed by atoms with Crippen LogP contribution in [0.5, 0.6) is 0 Å². The second kappa shape index (κ2) is 4.05. The SMILES string of the molecule is CNc1nc(-c2cnc(C)s2)nc2sccc12. The molecule has 0 amide bonds. The highest BCUT2D eigenvalue weighted by molar-refractivity contribution is 7.17. The highest BCUT2D eigenvalue weighted by atomic mass is 32.1. The van der Waals surface area contributed by atoms with Crippen LogP contribution in [-0.4, -0.2) is 22.0 Å². The molecule has 0 aliphatic carbocycles. The van der Waals surface area contributed by atoms with Crippen LogP contribution in [0.1, 0.15) is 5.01 Å². The quantitative estimate of drug-likeness (QED) is 0.770. The molecule has 0 saturated heterocycles. The van der Waals surface area contributed by atoms with Crippen LogP contribution >= 0.6 is 22.7 Å². The van der Waals surface area contributed by atoms with Crippen molar-refractivity contribution in [2.75, 3.05) is 12.4 Å². The summed E-state index contributed by atoms with van der Waals surface area (Å²) in [5.41, 5.74) is 0. The molecular weight excluding hydrogens is 252 g/mol. The topological polar surface area (TPSA) is 50.7 Å². The molecule has 3 aromatic rings. The Kier molecular flexibility index (Phi) is 2.53. The molecule has 0 radical (unpaired) electrons. The molecule has 0 fully saturated rings. The van der Waals surface area contributed by atoms with E-state index in [4.69, 9.17) is 0 Å². The van der Waals surface area contributed by atoms with Crippen molar-refractivity contribution in [3.8, 4) is 10.7 Å². The first kappa shape index (κ1) is 10.6.